The zero-order chi connectivity index (χ0) is 15.4. The van der Waals surface area contributed by atoms with Gasteiger partial charge >= 0.3 is 12.0 Å². The zero-order valence-corrected chi connectivity index (χ0v) is 12.5. The van der Waals surface area contributed by atoms with E-state index in [-0.39, 0.29) is 11.9 Å². The predicted octanol–water partition coefficient (Wildman–Crippen LogP) is 2.25. The SMILES string of the molecule is CCc1ccc(CNC(=O)N2CCC(C)C2C(=O)O)cc1. The van der Waals surface area contributed by atoms with Crippen molar-refractivity contribution in [2.45, 2.75) is 39.3 Å². The Morgan fingerprint density at radius 3 is 2.48 bits per heavy atom. The topological polar surface area (TPSA) is 69.6 Å². The highest BCUT2D eigenvalue weighted by Gasteiger charge is 2.39. The lowest BCUT2D eigenvalue weighted by molar-refractivity contribution is -0.142. The average molecular weight is 290 g/mol. The third kappa shape index (κ3) is 3.54. The van der Waals surface area contributed by atoms with E-state index in [2.05, 4.69) is 12.2 Å². The summed E-state index contributed by atoms with van der Waals surface area (Å²) in [6, 6.07) is 7.04. The molecule has 2 N–H and O–H groups in total. The van der Waals surface area contributed by atoms with E-state index in [1.807, 2.05) is 31.2 Å². The van der Waals surface area contributed by atoms with E-state index in [1.165, 1.54) is 10.5 Å². The van der Waals surface area contributed by atoms with Gasteiger partial charge in [-0.15, -0.1) is 0 Å². The number of benzene rings is 1. The smallest absolute Gasteiger partial charge is 0.326 e. The van der Waals surface area contributed by atoms with Gasteiger partial charge in [-0.1, -0.05) is 38.1 Å². The molecule has 1 aliphatic rings. The summed E-state index contributed by atoms with van der Waals surface area (Å²) in [5.74, 6) is -0.931. The molecule has 2 amide bonds. The lowest BCUT2D eigenvalue weighted by atomic mass is 10.0. The molecule has 1 heterocycles. The number of carboxylic acid groups (broad SMARTS) is 1. The average Bonchev–Trinajstić information content (AvgIpc) is 2.87. The molecule has 5 nitrogen and oxygen atoms in total. The number of nitrogens with zero attached hydrogens (tertiary/aromatic N) is 1. The van der Waals surface area contributed by atoms with E-state index in [0.717, 1.165) is 18.4 Å². The number of carboxylic acids is 1. The molecule has 0 aromatic heterocycles. The molecule has 1 aromatic rings. The second kappa shape index (κ2) is 6.61. The van der Waals surface area contributed by atoms with Gasteiger partial charge in [0, 0.05) is 13.1 Å². The summed E-state index contributed by atoms with van der Waals surface area (Å²) in [6.07, 6.45) is 1.72. The van der Waals surface area contributed by atoms with Crippen LogP contribution in [0.3, 0.4) is 0 Å². The fourth-order valence-corrected chi connectivity index (χ4v) is 2.72. The number of hydrogen-bond donors (Lipinski definition) is 2. The number of hydrogen-bond acceptors (Lipinski definition) is 2. The molecular formula is C16H22N2O3. The monoisotopic (exact) mass is 290 g/mol. The Kier molecular flexibility index (Phi) is 4.83. The molecule has 21 heavy (non-hydrogen) atoms. The van der Waals surface area contributed by atoms with E-state index in [4.69, 9.17) is 0 Å². The molecule has 5 heteroatoms. The quantitative estimate of drug-likeness (QED) is 0.893. The largest absolute Gasteiger partial charge is 0.480 e. The van der Waals surface area contributed by atoms with Crippen LogP contribution < -0.4 is 5.32 Å². The molecule has 1 aliphatic heterocycles. The number of amides is 2. The van der Waals surface area contributed by atoms with E-state index in [1.54, 1.807) is 0 Å². The molecule has 1 fully saturated rings. The van der Waals surface area contributed by atoms with Crippen LogP contribution in [0.5, 0.6) is 0 Å². The predicted molar refractivity (Wildman–Crippen MR) is 80.0 cm³/mol. The first-order chi connectivity index (χ1) is 10.0. The molecule has 0 aliphatic carbocycles. The van der Waals surface area contributed by atoms with Crippen molar-refractivity contribution in [1.82, 2.24) is 10.2 Å². The third-order valence-corrected chi connectivity index (χ3v) is 4.09. The number of rotatable bonds is 4. The first-order valence-corrected chi connectivity index (χ1v) is 7.38. The number of aryl methyl sites for hydroxylation is 1. The Morgan fingerprint density at radius 1 is 1.29 bits per heavy atom. The highest BCUT2D eigenvalue weighted by atomic mass is 16.4. The summed E-state index contributed by atoms with van der Waals surface area (Å²) in [6.45, 7) is 4.88. The molecule has 1 aromatic carbocycles. The fraction of sp³-hybridized carbons (Fsp3) is 0.500. The molecule has 2 rings (SSSR count). The molecular weight excluding hydrogens is 268 g/mol. The number of carbonyl (C=O) groups is 2. The summed E-state index contributed by atoms with van der Waals surface area (Å²) in [5.41, 5.74) is 2.27. The van der Waals surface area contributed by atoms with Crippen LogP contribution in [0, 0.1) is 5.92 Å². The van der Waals surface area contributed by atoms with Crippen LogP contribution in [-0.2, 0) is 17.8 Å². The number of nitrogens with one attached hydrogen (secondary N) is 1. The second-order valence-electron chi connectivity index (χ2n) is 5.57. The van der Waals surface area contributed by atoms with Crippen molar-refractivity contribution < 1.29 is 14.7 Å². The van der Waals surface area contributed by atoms with Crippen molar-refractivity contribution in [2.75, 3.05) is 6.54 Å². The molecule has 0 radical (unpaired) electrons. The summed E-state index contributed by atoms with van der Waals surface area (Å²) in [5, 5.41) is 12.0. The molecule has 2 atom stereocenters. The van der Waals surface area contributed by atoms with Gasteiger partial charge in [0.05, 0.1) is 0 Å². The van der Waals surface area contributed by atoms with Gasteiger partial charge in [-0.2, -0.15) is 0 Å². The molecule has 0 saturated carbocycles. The Morgan fingerprint density at radius 2 is 1.90 bits per heavy atom. The van der Waals surface area contributed by atoms with Crippen molar-refractivity contribution in [2.24, 2.45) is 5.92 Å². The number of aliphatic carboxylic acids is 1. The zero-order valence-electron chi connectivity index (χ0n) is 12.5. The third-order valence-electron chi connectivity index (χ3n) is 4.09. The molecule has 2 unspecified atom stereocenters. The summed E-state index contributed by atoms with van der Waals surface area (Å²) in [4.78, 5) is 24.8. The highest BCUT2D eigenvalue weighted by Crippen LogP contribution is 2.24. The van der Waals surface area contributed by atoms with Crippen molar-refractivity contribution in [1.29, 1.82) is 0 Å². The number of likely N-dealkylation sites (tertiary alicyclic amines) is 1. The van der Waals surface area contributed by atoms with Crippen LogP contribution >= 0.6 is 0 Å². The molecule has 1 saturated heterocycles. The standard InChI is InChI=1S/C16H22N2O3/c1-3-12-4-6-13(7-5-12)10-17-16(21)18-9-8-11(2)14(18)15(19)20/h4-7,11,14H,3,8-10H2,1-2H3,(H,17,21)(H,19,20). The van der Waals surface area contributed by atoms with E-state index in [0.29, 0.717) is 13.1 Å². The van der Waals surface area contributed by atoms with Crippen molar-refractivity contribution in [3.63, 3.8) is 0 Å². The summed E-state index contributed by atoms with van der Waals surface area (Å²) in [7, 11) is 0. The van der Waals surface area contributed by atoms with Crippen LogP contribution in [0.4, 0.5) is 4.79 Å². The van der Waals surface area contributed by atoms with Gasteiger partial charge < -0.3 is 15.3 Å². The molecule has 0 spiro atoms. The van der Waals surface area contributed by atoms with Gasteiger partial charge in [0.1, 0.15) is 6.04 Å². The van der Waals surface area contributed by atoms with E-state index < -0.39 is 12.0 Å². The molecule has 0 bridgehead atoms. The minimum atomic E-state index is -0.928. The fourth-order valence-electron chi connectivity index (χ4n) is 2.72. The Labute approximate surface area is 125 Å². The minimum Gasteiger partial charge on any atom is -0.480 e. The first kappa shape index (κ1) is 15.4. The van der Waals surface area contributed by atoms with E-state index in [9.17, 15) is 14.7 Å². The summed E-state index contributed by atoms with van der Waals surface area (Å²) < 4.78 is 0. The van der Waals surface area contributed by atoms with Gasteiger partial charge in [-0.05, 0) is 29.9 Å². The van der Waals surface area contributed by atoms with Crippen LogP contribution in [-0.4, -0.2) is 34.6 Å². The maximum absolute atomic E-state index is 12.2. The van der Waals surface area contributed by atoms with Gasteiger partial charge in [-0.25, -0.2) is 9.59 Å². The van der Waals surface area contributed by atoms with Gasteiger partial charge in [0.25, 0.3) is 0 Å². The Balaban J connectivity index is 1.93. The summed E-state index contributed by atoms with van der Waals surface area (Å²) >= 11 is 0. The molecule has 114 valence electrons. The number of carbonyl (C=O) groups excluding carboxylic acids is 1. The van der Waals surface area contributed by atoms with Crippen LogP contribution in [0.25, 0.3) is 0 Å². The second-order valence-corrected chi connectivity index (χ2v) is 5.57. The van der Waals surface area contributed by atoms with Crippen molar-refractivity contribution in [3.05, 3.63) is 35.4 Å². The Bertz CT molecular complexity index is 513. The number of urea groups is 1. The van der Waals surface area contributed by atoms with Crippen LogP contribution in [0.2, 0.25) is 0 Å². The van der Waals surface area contributed by atoms with Crippen LogP contribution in [0.1, 0.15) is 31.4 Å². The Hall–Kier alpha value is -2.04. The lowest BCUT2D eigenvalue weighted by Crippen LogP contribution is -2.47. The normalized spacial score (nSPS) is 21.3. The lowest BCUT2D eigenvalue weighted by Gasteiger charge is -2.23. The van der Waals surface area contributed by atoms with Gasteiger partial charge in [-0.3, -0.25) is 0 Å². The first-order valence-electron chi connectivity index (χ1n) is 7.38. The highest BCUT2D eigenvalue weighted by molar-refractivity contribution is 5.83. The van der Waals surface area contributed by atoms with E-state index >= 15 is 0 Å². The van der Waals surface area contributed by atoms with Crippen molar-refractivity contribution >= 4 is 12.0 Å². The maximum Gasteiger partial charge on any atom is 0.326 e. The minimum absolute atomic E-state index is 0.00270. The van der Waals surface area contributed by atoms with Gasteiger partial charge in [0.2, 0.25) is 0 Å². The van der Waals surface area contributed by atoms with Gasteiger partial charge in [0.15, 0.2) is 0 Å². The maximum atomic E-state index is 12.2. The van der Waals surface area contributed by atoms with Crippen LogP contribution in [0.15, 0.2) is 24.3 Å². The van der Waals surface area contributed by atoms with Crippen molar-refractivity contribution in [3.8, 4) is 0 Å².